The number of carboxylic acids is 1. The van der Waals surface area contributed by atoms with Gasteiger partial charge >= 0.3 is 5.97 Å². The van der Waals surface area contributed by atoms with Crippen LogP contribution in [0.25, 0.3) is 0 Å². The highest BCUT2D eigenvalue weighted by Gasteiger charge is 2.30. The first kappa shape index (κ1) is 12.6. The van der Waals surface area contributed by atoms with Crippen molar-refractivity contribution in [2.75, 3.05) is 0 Å². The van der Waals surface area contributed by atoms with Gasteiger partial charge in [0.25, 0.3) is 0 Å². The van der Waals surface area contributed by atoms with Crippen LogP contribution in [-0.2, 0) is 20.4 Å². The van der Waals surface area contributed by atoms with Crippen LogP contribution in [0.1, 0.15) is 18.9 Å². The average Bonchev–Trinajstić information content (AvgIpc) is 2.18. The quantitative estimate of drug-likeness (QED) is 0.829. The lowest BCUT2D eigenvalue weighted by molar-refractivity contribution is -0.136. The van der Waals surface area contributed by atoms with Crippen molar-refractivity contribution in [1.29, 1.82) is 0 Å². The molecule has 0 saturated heterocycles. The summed E-state index contributed by atoms with van der Waals surface area (Å²) < 4.78 is 23.5. The lowest BCUT2D eigenvalue weighted by Gasteiger charge is -2.10. The van der Waals surface area contributed by atoms with Crippen LogP contribution in [0.5, 0.6) is 0 Å². The van der Waals surface area contributed by atoms with Gasteiger partial charge in [-0.3, -0.25) is 9.78 Å². The van der Waals surface area contributed by atoms with E-state index in [1.165, 1.54) is 12.4 Å². The molecule has 0 spiro atoms. The molecule has 0 aromatic carbocycles. The van der Waals surface area contributed by atoms with Crippen LogP contribution in [-0.4, -0.2) is 29.7 Å². The van der Waals surface area contributed by atoms with Gasteiger partial charge in [0.1, 0.15) is 0 Å². The number of sulfone groups is 1. The number of nitrogens with zero attached hydrogens (tertiary/aromatic N) is 1. The minimum absolute atomic E-state index is 0.0674. The normalized spacial score (nSPS) is 13.3. The summed E-state index contributed by atoms with van der Waals surface area (Å²) in [7, 11) is -3.66. The first-order chi connectivity index (χ1) is 7.47. The third-order valence-electron chi connectivity index (χ3n) is 2.17. The lowest BCUT2D eigenvalue weighted by Crippen LogP contribution is -2.30. The molecule has 5 nitrogen and oxygen atoms in total. The predicted octanol–water partition coefficient (Wildman–Crippen LogP) is 0.860. The summed E-state index contributed by atoms with van der Waals surface area (Å²) in [5.74, 6) is -1.59. The molecule has 0 bridgehead atoms. The van der Waals surface area contributed by atoms with E-state index in [-0.39, 0.29) is 12.2 Å². The molecule has 1 unspecified atom stereocenters. The fourth-order valence-electron chi connectivity index (χ4n) is 1.40. The van der Waals surface area contributed by atoms with E-state index in [1.807, 2.05) is 0 Å². The van der Waals surface area contributed by atoms with Gasteiger partial charge in [-0.15, -0.1) is 0 Å². The van der Waals surface area contributed by atoms with Gasteiger partial charge in [-0.25, -0.2) is 8.42 Å². The van der Waals surface area contributed by atoms with Gasteiger partial charge < -0.3 is 5.11 Å². The number of rotatable bonds is 5. The second-order valence-electron chi connectivity index (χ2n) is 3.40. The maximum Gasteiger partial charge on any atom is 0.321 e. The Balaban J connectivity index is 2.91. The zero-order chi connectivity index (χ0) is 12.2. The van der Waals surface area contributed by atoms with E-state index >= 15 is 0 Å². The second kappa shape index (κ2) is 5.07. The van der Waals surface area contributed by atoms with Gasteiger partial charge in [0, 0.05) is 12.4 Å². The average molecular weight is 243 g/mol. The highest BCUT2D eigenvalue weighted by Crippen LogP contribution is 2.13. The second-order valence-corrected chi connectivity index (χ2v) is 5.59. The minimum Gasteiger partial charge on any atom is -0.480 e. The Morgan fingerprint density at radius 3 is 2.69 bits per heavy atom. The van der Waals surface area contributed by atoms with Gasteiger partial charge in [0.15, 0.2) is 15.1 Å². The molecule has 1 rings (SSSR count). The summed E-state index contributed by atoms with van der Waals surface area (Å²) in [6.45, 7) is 1.54. The zero-order valence-corrected chi connectivity index (χ0v) is 9.64. The number of hydrogen-bond donors (Lipinski definition) is 1. The Bertz CT molecular complexity index is 455. The van der Waals surface area contributed by atoms with Gasteiger partial charge in [0.05, 0.1) is 5.75 Å². The van der Waals surface area contributed by atoms with E-state index in [4.69, 9.17) is 5.11 Å². The molecule has 1 N–H and O–H groups in total. The van der Waals surface area contributed by atoms with Crippen LogP contribution in [0.3, 0.4) is 0 Å². The molecule has 0 fully saturated rings. The molecule has 16 heavy (non-hydrogen) atoms. The molecule has 0 aliphatic carbocycles. The van der Waals surface area contributed by atoms with Crippen molar-refractivity contribution in [2.45, 2.75) is 24.3 Å². The maximum atomic E-state index is 11.8. The van der Waals surface area contributed by atoms with E-state index < -0.39 is 21.1 Å². The fraction of sp³-hybridized carbons (Fsp3) is 0.400. The SMILES string of the molecule is CCC(C(=O)O)S(=O)(=O)Cc1cccnc1. The first-order valence-corrected chi connectivity index (χ1v) is 6.52. The summed E-state index contributed by atoms with van der Waals surface area (Å²) in [6.07, 6.45) is 3.02. The molecule has 0 saturated carbocycles. The largest absolute Gasteiger partial charge is 0.480 e. The van der Waals surface area contributed by atoms with Crippen LogP contribution >= 0.6 is 0 Å². The van der Waals surface area contributed by atoms with Crippen molar-refractivity contribution in [3.05, 3.63) is 30.1 Å². The summed E-state index contributed by atoms with van der Waals surface area (Å²) in [5.41, 5.74) is 0.502. The first-order valence-electron chi connectivity index (χ1n) is 4.80. The van der Waals surface area contributed by atoms with E-state index in [9.17, 15) is 13.2 Å². The van der Waals surface area contributed by atoms with Crippen LogP contribution in [0, 0.1) is 0 Å². The van der Waals surface area contributed by atoms with E-state index in [0.717, 1.165) is 0 Å². The number of pyridine rings is 1. The molecule has 0 amide bonds. The Morgan fingerprint density at radius 2 is 2.25 bits per heavy atom. The summed E-state index contributed by atoms with van der Waals surface area (Å²) in [6, 6.07) is 3.23. The topological polar surface area (TPSA) is 84.3 Å². The molecule has 88 valence electrons. The molecule has 6 heteroatoms. The van der Waals surface area contributed by atoms with Crippen LogP contribution in [0.15, 0.2) is 24.5 Å². The third-order valence-corrected chi connectivity index (χ3v) is 4.31. The maximum absolute atomic E-state index is 11.8. The van der Waals surface area contributed by atoms with E-state index in [0.29, 0.717) is 5.56 Å². The molecule has 0 radical (unpaired) electrons. The molecular formula is C10H13NO4S. The summed E-state index contributed by atoms with van der Waals surface area (Å²) in [5, 5.41) is 7.45. The van der Waals surface area contributed by atoms with E-state index in [2.05, 4.69) is 4.98 Å². The Labute approximate surface area is 94.1 Å². The number of carboxylic acid groups (broad SMARTS) is 1. The smallest absolute Gasteiger partial charge is 0.321 e. The zero-order valence-electron chi connectivity index (χ0n) is 8.83. The summed E-state index contributed by atoms with van der Waals surface area (Å²) >= 11 is 0. The molecule has 1 aromatic heterocycles. The van der Waals surface area contributed by atoms with Crippen molar-refractivity contribution in [3.63, 3.8) is 0 Å². The van der Waals surface area contributed by atoms with Crippen LogP contribution in [0.2, 0.25) is 0 Å². The lowest BCUT2D eigenvalue weighted by atomic mass is 10.3. The van der Waals surface area contributed by atoms with Crippen molar-refractivity contribution in [2.24, 2.45) is 0 Å². The van der Waals surface area contributed by atoms with E-state index in [1.54, 1.807) is 19.1 Å². The predicted molar refractivity (Wildman–Crippen MR) is 58.6 cm³/mol. The van der Waals surface area contributed by atoms with Crippen molar-refractivity contribution in [3.8, 4) is 0 Å². The number of hydrogen-bond acceptors (Lipinski definition) is 4. The molecule has 1 heterocycles. The molecule has 1 aromatic rings. The number of aromatic nitrogens is 1. The molecule has 0 aliphatic rings. The standard InChI is InChI=1S/C10H13NO4S/c1-2-9(10(12)13)16(14,15)7-8-4-3-5-11-6-8/h3-6,9H,2,7H2,1H3,(H,12,13). The number of aliphatic carboxylic acids is 1. The third kappa shape index (κ3) is 3.03. The van der Waals surface area contributed by atoms with Gasteiger partial charge in [-0.2, -0.15) is 0 Å². The Kier molecular flexibility index (Phi) is 4.00. The molecule has 1 atom stereocenters. The number of carbonyl (C=O) groups is 1. The van der Waals surface area contributed by atoms with Crippen LogP contribution < -0.4 is 0 Å². The van der Waals surface area contributed by atoms with Crippen LogP contribution in [0.4, 0.5) is 0 Å². The highest BCUT2D eigenvalue weighted by atomic mass is 32.2. The minimum atomic E-state index is -3.66. The molecule has 0 aliphatic heterocycles. The van der Waals surface area contributed by atoms with Gasteiger partial charge in [-0.1, -0.05) is 13.0 Å². The Morgan fingerprint density at radius 1 is 1.56 bits per heavy atom. The fourth-order valence-corrected chi connectivity index (χ4v) is 3.05. The van der Waals surface area contributed by atoms with Gasteiger partial charge in [0.2, 0.25) is 0 Å². The summed E-state index contributed by atoms with van der Waals surface area (Å²) in [4.78, 5) is 14.6. The van der Waals surface area contributed by atoms with Crippen molar-refractivity contribution >= 4 is 15.8 Å². The highest BCUT2D eigenvalue weighted by molar-refractivity contribution is 7.92. The molecular weight excluding hydrogens is 230 g/mol. The van der Waals surface area contributed by atoms with Crippen molar-refractivity contribution in [1.82, 2.24) is 4.98 Å². The Hall–Kier alpha value is -1.43. The monoisotopic (exact) mass is 243 g/mol. The van der Waals surface area contributed by atoms with Crippen molar-refractivity contribution < 1.29 is 18.3 Å². The van der Waals surface area contributed by atoms with Gasteiger partial charge in [-0.05, 0) is 18.1 Å².